The molecule has 0 amide bonds. The van der Waals surface area contributed by atoms with E-state index in [1.165, 1.54) is 25.6 Å². The van der Waals surface area contributed by atoms with Crippen LogP contribution in [0, 0.1) is 0 Å². The Kier molecular flexibility index (Phi) is 4.42. The minimum Gasteiger partial charge on any atom is -0.481 e. The Bertz CT molecular complexity index is 525. The number of ether oxygens (including phenoxy) is 3. The Balaban J connectivity index is 2.16. The molecule has 0 saturated heterocycles. The quantitative estimate of drug-likeness (QED) is 0.846. The molecule has 0 aliphatic rings. The maximum Gasteiger partial charge on any atom is 0.321 e. The second-order valence-electron chi connectivity index (χ2n) is 3.34. The predicted molar refractivity (Wildman–Crippen MR) is 69.0 cm³/mol. The van der Waals surface area contributed by atoms with Crippen molar-refractivity contribution in [1.29, 1.82) is 0 Å². The van der Waals surface area contributed by atoms with Crippen LogP contribution < -0.4 is 14.8 Å². The molecule has 102 valence electrons. The van der Waals surface area contributed by atoms with E-state index in [9.17, 15) is 0 Å². The van der Waals surface area contributed by atoms with Gasteiger partial charge >= 0.3 is 6.01 Å². The third-order valence-electron chi connectivity index (χ3n) is 2.04. The molecule has 0 saturated carbocycles. The van der Waals surface area contributed by atoms with Gasteiger partial charge in [0, 0.05) is 13.2 Å². The number of aromatic nitrogens is 4. The largest absolute Gasteiger partial charge is 0.481 e. The first kappa shape index (κ1) is 13.4. The molecule has 9 heteroatoms. The lowest BCUT2D eigenvalue weighted by atomic mass is 10.5. The van der Waals surface area contributed by atoms with E-state index in [0.29, 0.717) is 23.4 Å². The number of nitrogens with zero attached hydrogens (tertiary/aromatic N) is 4. The smallest absolute Gasteiger partial charge is 0.321 e. The summed E-state index contributed by atoms with van der Waals surface area (Å²) in [5.74, 6) is 0.916. The Morgan fingerprint density at radius 3 is 2.68 bits per heavy atom. The molecule has 1 N–H and O–H groups in total. The molecule has 0 fully saturated rings. The molecule has 0 unspecified atom stereocenters. The lowest BCUT2D eigenvalue weighted by Crippen LogP contribution is -2.00. The fourth-order valence-corrected chi connectivity index (χ4v) is 1.98. The number of anilines is 2. The molecular formula is C10H13N5O3S. The predicted octanol–water partition coefficient (Wildman–Crippen LogP) is 1.24. The van der Waals surface area contributed by atoms with Crippen LogP contribution in [0.3, 0.4) is 0 Å². The van der Waals surface area contributed by atoms with Gasteiger partial charge in [-0.15, -0.1) is 10.2 Å². The summed E-state index contributed by atoms with van der Waals surface area (Å²) in [5.41, 5.74) is 0. The zero-order chi connectivity index (χ0) is 13.7. The highest BCUT2D eigenvalue weighted by molar-refractivity contribution is 7.15. The number of nitrogens with one attached hydrogen (secondary N) is 1. The summed E-state index contributed by atoms with van der Waals surface area (Å²) in [6.45, 7) is 0.426. The highest BCUT2D eigenvalue weighted by atomic mass is 32.1. The van der Waals surface area contributed by atoms with Gasteiger partial charge in [-0.1, -0.05) is 11.3 Å². The van der Waals surface area contributed by atoms with Gasteiger partial charge in [0.05, 0.1) is 14.2 Å². The van der Waals surface area contributed by atoms with Crippen molar-refractivity contribution < 1.29 is 14.2 Å². The minimum atomic E-state index is 0.212. The van der Waals surface area contributed by atoms with E-state index in [2.05, 4.69) is 25.5 Å². The molecule has 0 spiro atoms. The molecule has 0 radical (unpaired) electrons. The van der Waals surface area contributed by atoms with E-state index in [1.54, 1.807) is 13.2 Å². The number of hydrogen-bond donors (Lipinski definition) is 1. The zero-order valence-corrected chi connectivity index (χ0v) is 11.5. The Hall–Kier alpha value is -2.00. The van der Waals surface area contributed by atoms with Crippen LogP contribution in [-0.4, -0.2) is 41.5 Å². The average molecular weight is 283 g/mol. The molecule has 2 rings (SSSR count). The zero-order valence-electron chi connectivity index (χ0n) is 10.7. The lowest BCUT2D eigenvalue weighted by molar-refractivity contribution is 0.184. The third-order valence-corrected chi connectivity index (χ3v) is 2.86. The van der Waals surface area contributed by atoms with Crippen molar-refractivity contribution in [3.63, 3.8) is 0 Å². The molecule has 19 heavy (non-hydrogen) atoms. The first-order valence-electron chi connectivity index (χ1n) is 5.30. The summed E-state index contributed by atoms with van der Waals surface area (Å²) in [6.07, 6.45) is 0. The van der Waals surface area contributed by atoms with Crippen LogP contribution in [0.4, 0.5) is 10.9 Å². The molecule has 0 aliphatic carbocycles. The van der Waals surface area contributed by atoms with Crippen LogP contribution in [0.5, 0.6) is 11.9 Å². The SMILES string of the molecule is COCc1nnc(Nc2cc(OC)nc(OC)n2)s1. The molecule has 0 bridgehead atoms. The topological polar surface area (TPSA) is 91.3 Å². The summed E-state index contributed by atoms with van der Waals surface area (Å²) in [5, 5.41) is 12.3. The number of methoxy groups -OCH3 is 3. The fraction of sp³-hybridized carbons (Fsp3) is 0.400. The Morgan fingerprint density at radius 2 is 2.00 bits per heavy atom. The molecule has 2 heterocycles. The first-order valence-corrected chi connectivity index (χ1v) is 6.12. The first-order chi connectivity index (χ1) is 9.25. The van der Waals surface area contributed by atoms with Gasteiger partial charge in [0.15, 0.2) is 0 Å². The normalized spacial score (nSPS) is 10.3. The van der Waals surface area contributed by atoms with Crippen molar-refractivity contribution >= 4 is 22.3 Å². The average Bonchev–Trinajstić information content (AvgIpc) is 2.86. The molecular weight excluding hydrogens is 270 g/mol. The summed E-state index contributed by atoms with van der Waals surface area (Å²) in [4.78, 5) is 8.13. The maximum absolute atomic E-state index is 5.06. The fourth-order valence-electron chi connectivity index (χ4n) is 1.26. The van der Waals surface area contributed by atoms with Gasteiger partial charge in [-0.2, -0.15) is 9.97 Å². The highest BCUT2D eigenvalue weighted by Crippen LogP contribution is 2.23. The van der Waals surface area contributed by atoms with Crippen LogP contribution >= 0.6 is 11.3 Å². The molecule has 0 aromatic carbocycles. The van der Waals surface area contributed by atoms with Crippen LogP contribution in [0.2, 0.25) is 0 Å². The maximum atomic E-state index is 5.06. The summed E-state index contributed by atoms with van der Waals surface area (Å²) in [7, 11) is 4.61. The van der Waals surface area contributed by atoms with Crippen molar-refractivity contribution in [3.05, 3.63) is 11.1 Å². The molecule has 2 aromatic heterocycles. The van der Waals surface area contributed by atoms with Crippen molar-refractivity contribution in [2.24, 2.45) is 0 Å². The van der Waals surface area contributed by atoms with Gasteiger partial charge in [0.25, 0.3) is 0 Å². The van der Waals surface area contributed by atoms with Gasteiger partial charge in [-0.25, -0.2) is 0 Å². The highest BCUT2D eigenvalue weighted by Gasteiger charge is 2.08. The van der Waals surface area contributed by atoms with Gasteiger partial charge in [-0.05, 0) is 0 Å². The van der Waals surface area contributed by atoms with Crippen LogP contribution in [0.1, 0.15) is 5.01 Å². The van der Waals surface area contributed by atoms with E-state index < -0.39 is 0 Å². The van der Waals surface area contributed by atoms with Gasteiger partial charge < -0.3 is 19.5 Å². The van der Waals surface area contributed by atoms with E-state index in [4.69, 9.17) is 14.2 Å². The Labute approximate surface area is 113 Å². The van der Waals surface area contributed by atoms with Crippen LogP contribution in [0.25, 0.3) is 0 Å². The van der Waals surface area contributed by atoms with Crippen molar-refractivity contribution in [2.75, 3.05) is 26.6 Å². The monoisotopic (exact) mass is 283 g/mol. The van der Waals surface area contributed by atoms with Gasteiger partial charge in [0.1, 0.15) is 17.4 Å². The molecule has 0 aliphatic heterocycles. The second-order valence-corrected chi connectivity index (χ2v) is 4.40. The standard InChI is InChI=1S/C10H13N5O3S/c1-16-5-8-14-15-10(19-8)12-6-4-7(17-2)13-9(11-6)18-3/h4H,5H2,1-3H3,(H,11,12,13,15). The Morgan fingerprint density at radius 1 is 1.16 bits per heavy atom. The lowest BCUT2D eigenvalue weighted by Gasteiger charge is -2.05. The molecule has 2 aromatic rings. The van der Waals surface area contributed by atoms with Crippen molar-refractivity contribution in [1.82, 2.24) is 20.2 Å². The van der Waals surface area contributed by atoms with Crippen molar-refractivity contribution in [2.45, 2.75) is 6.61 Å². The molecule has 0 atom stereocenters. The van der Waals surface area contributed by atoms with E-state index >= 15 is 0 Å². The van der Waals surface area contributed by atoms with Crippen LogP contribution in [-0.2, 0) is 11.3 Å². The van der Waals surface area contributed by atoms with Gasteiger partial charge in [-0.3, -0.25) is 0 Å². The number of hydrogen-bond acceptors (Lipinski definition) is 9. The van der Waals surface area contributed by atoms with Crippen molar-refractivity contribution in [3.8, 4) is 11.9 Å². The van der Waals surface area contributed by atoms with Crippen LogP contribution in [0.15, 0.2) is 6.07 Å². The van der Waals surface area contributed by atoms with E-state index in [0.717, 1.165) is 5.01 Å². The minimum absolute atomic E-state index is 0.212. The summed E-state index contributed by atoms with van der Waals surface area (Å²) in [6, 6.07) is 1.85. The third kappa shape index (κ3) is 3.48. The summed E-state index contributed by atoms with van der Waals surface area (Å²) >= 11 is 1.38. The van der Waals surface area contributed by atoms with E-state index in [1.807, 2.05) is 0 Å². The summed E-state index contributed by atoms with van der Waals surface area (Å²) < 4.78 is 15.0. The molecule has 8 nitrogen and oxygen atoms in total. The second kappa shape index (κ2) is 6.25. The van der Waals surface area contributed by atoms with Gasteiger partial charge in [0.2, 0.25) is 11.0 Å². The van der Waals surface area contributed by atoms with E-state index in [-0.39, 0.29) is 6.01 Å². The number of rotatable bonds is 6.